The van der Waals surface area contributed by atoms with E-state index in [4.69, 9.17) is 14.6 Å². The molecule has 2 heterocycles. The Morgan fingerprint density at radius 1 is 1.28 bits per heavy atom. The minimum Gasteiger partial charge on any atom is -0.481 e. The van der Waals surface area contributed by atoms with Crippen molar-refractivity contribution in [2.45, 2.75) is 12.1 Å². The zero-order chi connectivity index (χ0) is 13.1. The average molecular weight is 258 g/mol. The number of nitrogens with zero attached hydrogens (tertiary/aromatic N) is 1. The first-order valence-corrected chi connectivity index (χ1v) is 5.99. The van der Waals surface area contributed by atoms with Gasteiger partial charge in [-0.05, 0) is 0 Å². The van der Waals surface area contributed by atoms with Gasteiger partial charge in [-0.3, -0.25) is 9.59 Å². The number of aliphatic carboxylic acids is 1. The molecule has 3 atom stereocenters. The molecule has 0 aliphatic carbocycles. The van der Waals surface area contributed by atoms with Crippen LogP contribution < -0.4 is 5.32 Å². The second-order valence-corrected chi connectivity index (χ2v) is 4.58. The lowest BCUT2D eigenvalue weighted by Gasteiger charge is -2.32. The van der Waals surface area contributed by atoms with Crippen LogP contribution in [0.1, 0.15) is 0 Å². The number of morpholine rings is 1. The lowest BCUT2D eigenvalue weighted by atomic mass is 10.0. The van der Waals surface area contributed by atoms with Crippen LogP contribution in [0, 0.1) is 5.92 Å². The Kier molecular flexibility index (Phi) is 4.15. The molecule has 2 saturated heterocycles. The Morgan fingerprint density at radius 3 is 2.67 bits per heavy atom. The fraction of sp³-hybridized carbons (Fsp3) is 0.818. The van der Waals surface area contributed by atoms with Gasteiger partial charge in [-0.15, -0.1) is 0 Å². The van der Waals surface area contributed by atoms with Crippen molar-refractivity contribution in [3.8, 4) is 0 Å². The summed E-state index contributed by atoms with van der Waals surface area (Å²) in [4.78, 5) is 24.7. The maximum Gasteiger partial charge on any atom is 0.311 e. The third-order valence-corrected chi connectivity index (χ3v) is 3.43. The Bertz CT molecular complexity index is 329. The van der Waals surface area contributed by atoms with Crippen molar-refractivity contribution >= 4 is 11.9 Å². The van der Waals surface area contributed by atoms with Crippen LogP contribution in [0.25, 0.3) is 0 Å². The monoisotopic (exact) mass is 258 g/mol. The van der Waals surface area contributed by atoms with Gasteiger partial charge in [0.05, 0.1) is 32.5 Å². The number of carbonyl (C=O) groups excluding carboxylic acids is 1. The number of nitrogens with one attached hydrogen (secondary N) is 1. The Morgan fingerprint density at radius 2 is 2.06 bits per heavy atom. The van der Waals surface area contributed by atoms with Gasteiger partial charge in [-0.2, -0.15) is 0 Å². The van der Waals surface area contributed by atoms with E-state index in [1.807, 2.05) is 0 Å². The second kappa shape index (κ2) is 5.64. The number of carboxylic acids is 1. The van der Waals surface area contributed by atoms with Crippen LogP contribution in [0.3, 0.4) is 0 Å². The number of amides is 1. The van der Waals surface area contributed by atoms with Crippen molar-refractivity contribution in [2.75, 3.05) is 40.0 Å². The van der Waals surface area contributed by atoms with Gasteiger partial charge in [0.1, 0.15) is 12.0 Å². The number of rotatable bonds is 3. The van der Waals surface area contributed by atoms with E-state index in [2.05, 4.69) is 5.32 Å². The minimum absolute atomic E-state index is 0.142. The first kappa shape index (κ1) is 13.3. The van der Waals surface area contributed by atoms with Gasteiger partial charge in [0.2, 0.25) is 5.91 Å². The number of carbonyl (C=O) groups is 2. The number of hydrogen-bond donors (Lipinski definition) is 2. The van der Waals surface area contributed by atoms with E-state index in [0.717, 1.165) is 0 Å². The van der Waals surface area contributed by atoms with Crippen molar-refractivity contribution in [2.24, 2.45) is 5.92 Å². The highest BCUT2D eigenvalue weighted by molar-refractivity contribution is 5.83. The van der Waals surface area contributed by atoms with Crippen LogP contribution in [0.4, 0.5) is 0 Å². The molecular formula is C11H18N2O5. The van der Waals surface area contributed by atoms with E-state index in [0.29, 0.717) is 19.8 Å². The van der Waals surface area contributed by atoms with E-state index in [1.165, 1.54) is 4.90 Å². The number of hydrogen-bond acceptors (Lipinski definition) is 5. The maximum absolute atomic E-state index is 12.2. The Hall–Kier alpha value is -1.18. The Labute approximate surface area is 105 Å². The highest BCUT2D eigenvalue weighted by Gasteiger charge is 2.40. The molecule has 0 aromatic heterocycles. The summed E-state index contributed by atoms with van der Waals surface area (Å²) in [7, 11) is 1.62. The van der Waals surface area contributed by atoms with Crippen molar-refractivity contribution in [1.82, 2.24) is 10.2 Å². The molecule has 0 aromatic carbocycles. The normalized spacial score (nSPS) is 32.2. The predicted octanol–water partition coefficient (Wildman–Crippen LogP) is -1.47. The van der Waals surface area contributed by atoms with E-state index in [9.17, 15) is 9.59 Å². The molecule has 2 aliphatic rings. The first-order chi connectivity index (χ1) is 8.61. The fourth-order valence-electron chi connectivity index (χ4n) is 2.29. The summed E-state index contributed by atoms with van der Waals surface area (Å²) in [5.41, 5.74) is 0. The third-order valence-electron chi connectivity index (χ3n) is 3.43. The van der Waals surface area contributed by atoms with Gasteiger partial charge in [0.25, 0.3) is 0 Å². The topological polar surface area (TPSA) is 88.1 Å². The van der Waals surface area contributed by atoms with Crippen LogP contribution in [-0.2, 0) is 19.1 Å². The summed E-state index contributed by atoms with van der Waals surface area (Å²) in [5, 5.41) is 12.1. The molecule has 2 fully saturated rings. The van der Waals surface area contributed by atoms with Crippen molar-refractivity contribution in [3.05, 3.63) is 0 Å². The third kappa shape index (κ3) is 2.63. The molecular weight excluding hydrogens is 240 g/mol. The quantitative estimate of drug-likeness (QED) is 0.643. The summed E-state index contributed by atoms with van der Waals surface area (Å²) in [6.45, 7) is 1.99. The van der Waals surface area contributed by atoms with Gasteiger partial charge < -0.3 is 24.8 Å². The molecule has 0 bridgehead atoms. The molecule has 102 valence electrons. The summed E-state index contributed by atoms with van der Waals surface area (Å²) in [6, 6.07) is -0.794. The number of ether oxygens (including phenoxy) is 2. The van der Waals surface area contributed by atoms with Crippen LogP contribution in [0.2, 0.25) is 0 Å². The first-order valence-electron chi connectivity index (χ1n) is 5.99. The number of carboxylic acid groups (broad SMARTS) is 1. The van der Waals surface area contributed by atoms with Crippen LogP contribution in [0.5, 0.6) is 0 Å². The molecule has 3 unspecified atom stereocenters. The highest BCUT2D eigenvalue weighted by Crippen LogP contribution is 2.19. The van der Waals surface area contributed by atoms with Crippen molar-refractivity contribution < 1.29 is 24.2 Å². The fourth-order valence-corrected chi connectivity index (χ4v) is 2.29. The summed E-state index contributed by atoms with van der Waals surface area (Å²) < 4.78 is 10.4. The van der Waals surface area contributed by atoms with Gasteiger partial charge >= 0.3 is 5.97 Å². The lowest BCUT2D eigenvalue weighted by Crippen LogP contribution is -2.55. The van der Waals surface area contributed by atoms with Crippen LogP contribution in [0.15, 0.2) is 0 Å². The maximum atomic E-state index is 12.2. The zero-order valence-electron chi connectivity index (χ0n) is 10.3. The minimum atomic E-state index is -0.926. The molecule has 0 saturated carbocycles. The molecule has 2 N–H and O–H groups in total. The molecule has 1 amide bonds. The van der Waals surface area contributed by atoms with Gasteiger partial charge in [-0.1, -0.05) is 0 Å². The van der Waals surface area contributed by atoms with E-state index < -0.39 is 24.0 Å². The summed E-state index contributed by atoms with van der Waals surface area (Å²) in [6.07, 6.45) is 0. The molecule has 7 heteroatoms. The predicted molar refractivity (Wildman–Crippen MR) is 61.1 cm³/mol. The van der Waals surface area contributed by atoms with E-state index in [1.54, 1.807) is 7.05 Å². The second-order valence-electron chi connectivity index (χ2n) is 4.58. The van der Waals surface area contributed by atoms with Gasteiger partial charge in [0.15, 0.2) is 0 Å². The summed E-state index contributed by atoms with van der Waals surface area (Å²) in [5.74, 6) is -1.72. The zero-order valence-corrected chi connectivity index (χ0v) is 10.3. The smallest absolute Gasteiger partial charge is 0.311 e. The van der Waals surface area contributed by atoms with Gasteiger partial charge in [0, 0.05) is 13.6 Å². The SMILES string of the molecule is CN(C(=O)C1COCCN1)C1COCC1C(=O)O. The molecule has 2 rings (SSSR count). The molecule has 7 nitrogen and oxygen atoms in total. The molecule has 2 aliphatic heterocycles. The molecule has 18 heavy (non-hydrogen) atoms. The molecule has 0 aromatic rings. The largest absolute Gasteiger partial charge is 0.481 e. The molecule has 0 radical (unpaired) electrons. The Balaban J connectivity index is 1.98. The standard InChI is InChI=1S/C11H18N2O5/c1-13(9-6-18-4-7(9)11(15)16)10(14)8-5-17-3-2-12-8/h7-9,12H,2-6H2,1H3,(H,15,16). The van der Waals surface area contributed by atoms with Crippen LogP contribution >= 0.6 is 0 Å². The van der Waals surface area contributed by atoms with E-state index >= 15 is 0 Å². The van der Waals surface area contributed by atoms with Crippen LogP contribution in [-0.4, -0.2) is 74.0 Å². The van der Waals surface area contributed by atoms with Gasteiger partial charge in [-0.25, -0.2) is 0 Å². The summed E-state index contributed by atoms with van der Waals surface area (Å²) >= 11 is 0. The lowest BCUT2D eigenvalue weighted by molar-refractivity contribution is -0.145. The average Bonchev–Trinajstić information content (AvgIpc) is 2.87. The number of likely N-dealkylation sites (N-methyl/N-ethyl adjacent to an activating group) is 1. The van der Waals surface area contributed by atoms with E-state index in [-0.39, 0.29) is 19.1 Å². The van der Waals surface area contributed by atoms with Crippen molar-refractivity contribution in [3.63, 3.8) is 0 Å². The molecule has 0 spiro atoms. The van der Waals surface area contributed by atoms with Crippen molar-refractivity contribution in [1.29, 1.82) is 0 Å². The highest BCUT2D eigenvalue weighted by atomic mass is 16.5.